The van der Waals surface area contributed by atoms with Gasteiger partial charge in [0.2, 0.25) is 12.8 Å². The van der Waals surface area contributed by atoms with Crippen molar-refractivity contribution in [3.05, 3.63) is 131 Å². The van der Waals surface area contributed by atoms with Gasteiger partial charge < -0.3 is 50.5 Å². The lowest BCUT2D eigenvalue weighted by molar-refractivity contribution is -0.132. The first-order valence-corrected chi connectivity index (χ1v) is 26.9. The normalized spacial score (nSPS) is 22.7. The van der Waals surface area contributed by atoms with Crippen molar-refractivity contribution in [1.82, 2.24) is 51.0 Å². The molecular weight excluding hydrogens is 959 g/mol. The molecule has 4 aliphatic rings. The Labute approximate surface area is 441 Å². The maximum absolute atomic E-state index is 11.9. The Morgan fingerprint density at radius 1 is 0.560 bits per heavy atom. The number of imidazole rings is 2. The number of likely N-dealkylation sites (tertiary alicyclic amines) is 2. The summed E-state index contributed by atoms with van der Waals surface area (Å²) in [6.45, 7) is 12.0. The summed E-state index contributed by atoms with van der Waals surface area (Å²) in [6.07, 6.45) is 5.92. The highest BCUT2D eigenvalue weighted by Crippen LogP contribution is 2.39. The third kappa shape index (κ3) is 15.9. The van der Waals surface area contributed by atoms with Gasteiger partial charge in [0.1, 0.15) is 35.7 Å². The number of aromatic amines is 2. The van der Waals surface area contributed by atoms with Crippen LogP contribution < -0.4 is 21.3 Å². The second kappa shape index (κ2) is 28.5. The largest absolute Gasteiger partial charge is 0.377 e. The SMILES string of the molecule is C1CCNCC1.COC(O)N[C@@H](C(C)C)C(O)N1CCC[C@H]1c1nc2ccc([C@H]3CC[C@H](c4ccc5nc([C@@H]6CCCN6C(O)[C@@H](NC(O)OC)C(C)C)[nH]c5c4)N3)cc2[nH]1.Fc1cccc(F)c1.c1ccccc1. The van der Waals surface area contributed by atoms with Gasteiger partial charge >= 0.3 is 0 Å². The van der Waals surface area contributed by atoms with Crippen LogP contribution >= 0.6 is 0 Å². The third-order valence-corrected chi connectivity index (χ3v) is 14.8. The monoisotopic (exact) mass is 1040 g/mol. The first-order valence-electron chi connectivity index (χ1n) is 26.9. The zero-order chi connectivity index (χ0) is 53.4. The van der Waals surface area contributed by atoms with Crippen LogP contribution in [0.3, 0.4) is 0 Å². The molecule has 4 aromatic carbocycles. The molecule has 10 rings (SSSR count). The van der Waals surface area contributed by atoms with E-state index >= 15 is 0 Å². The predicted octanol–water partition coefficient (Wildman–Crippen LogP) is 8.00. The second-order valence-corrected chi connectivity index (χ2v) is 20.7. The summed E-state index contributed by atoms with van der Waals surface area (Å²) in [7, 11) is 2.86. The number of aliphatic hydroxyl groups is 4. The summed E-state index contributed by atoms with van der Waals surface area (Å²) >= 11 is 0. The molecule has 4 fully saturated rings. The van der Waals surface area contributed by atoms with Crippen molar-refractivity contribution in [2.45, 2.75) is 147 Å². The number of benzene rings is 4. The Balaban J connectivity index is 0.000000339. The molecule has 2 aromatic heterocycles. The number of H-pyrrole nitrogens is 2. The second-order valence-electron chi connectivity index (χ2n) is 20.7. The average molecular weight is 1040 g/mol. The van der Waals surface area contributed by atoms with Crippen LogP contribution in [0.5, 0.6) is 0 Å². The summed E-state index contributed by atoms with van der Waals surface area (Å²) in [6, 6.07) is 29.0. The number of rotatable bonds is 16. The molecule has 410 valence electrons. The van der Waals surface area contributed by atoms with Crippen LogP contribution in [-0.2, 0) is 9.47 Å². The first kappa shape index (κ1) is 57.9. The van der Waals surface area contributed by atoms with Crippen molar-refractivity contribution in [3.8, 4) is 0 Å². The van der Waals surface area contributed by atoms with Gasteiger partial charge in [-0.3, -0.25) is 20.4 Å². The topological polar surface area (TPSA) is 211 Å². The molecule has 0 amide bonds. The Morgan fingerprint density at radius 3 is 1.32 bits per heavy atom. The molecule has 10 N–H and O–H groups in total. The Bertz CT molecular complexity index is 2420. The van der Waals surface area contributed by atoms with E-state index in [1.54, 1.807) is 0 Å². The van der Waals surface area contributed by atoms with Crippen LogP contribution in [0.15, 0.2) is 97.1 Å². The quantitative estimate of drug-likeness (QED) is 0.0417. The van der Waals surface area contributed by atoms with Gasteiger partial charge in [0.15, 0.2) is 0 Å². The lowest BCUT2D eigenvalue weighted by atomic mass is 10.0. The average Bonchev–Trinajstić information content (AvgIpc) is 4.30. The van der Waals surface area contributed by atoms with Gasteiger partial charge in [-0.2, -0.15) is 0 Å². The third-order valence-electron chi connectivity index (χ3n) is 14.8. The maximum atomic E-state index is 11.9. The van der Waals surface area contributed by atoms with E-state index in [-0.39, 0.29) is 48.1 Å². The number of methoxy groups -OCH3 is 2. The molecule has 10 atom stereocenters. The molecule has 0 bridgehead atoms. The van der Waals surface area contributed by atoms with Crippen molar-refractivity contribution in [2.24, 2.45) is 11.8 Å². The number of halogens is 2. The number of fused-ring (bicyclic) bond motifs is 2. The number of hydrogen-bond donors (Lipinski definition) is 10. The fourth-order valence-corrected chi connectivity index (χ4v) is 10.7. The van der Waals surface area contributed by atoms with Gasteiger partial charge in [0.05, 0.1) is 46.2 Å². The minimum atomic E-state index is -1.16. The molecule has 6 aromatic rings. The van der Waals surface area contributed by atoms with Crippen molar-refractivity contribution in [2.75, 3.05) is 40.4 Å². The van der Waals surface area contributed by atoms with Crippen LogP contribution in [0.1, 0.15) is 132 Å². The van der Waals surface area contributed by atoms with Crippen LogP contribution in [0.25, 0.3) is 22.1 Å². The standard InChI is InChI=1S/C40H61N9O6.C6H4F2.C6H6.C5H11N/c1-21(2)33(46-39(52)54-5)37(50)48-17-7-9-31(48)35-42-27-13-11-23(19-29(27)44-35)25-15-16-26(41-25)24-12-14-28-30(20-24)45-36(43-28)32-10-8-18-49(32)38(51)34(22(3)4)47-40(53)55-6;7-5-2-1-3-6(8)4-5;2*1-2-4-6-5-3-1/h11-14,19-22,25-26,31-34,37-41,46-47,50-53H,7-10,15-18H2,1-6H3,(H,42,44)(H,43,45);1-4H;1-6H;6H,1-5H2/t25-,26-,31+,32+,33+,34+,37?,38?,39?,40?;;;/m1.../s1. The van der Waals surface area contributed by atoms with E-state index in [2.05, 4.69) is 77.4 Å². The van der Waals surface area contributed by atoms with E-state index in [0.29, 0.717) is 0 Å². The predicted molar refractivity (Wildman–Crippen MR) is 288 cm³/mol. The number of aliphatic hydroxyl groups excluding tert-OH is 4. The smallest absolute Gasteiger partial charge is 0.213 e. The van der Waals surface area contributed by atoms with Crippen LogP contribution in [0, 0.1) is 23.5 Å². The highest BCUT2D eigenvalue weighted by Gasteiger charge is 2.40. The van der Waals surface area contributed by atoms with Crippen molar-refractivity contribution in [3.63, 3.8) is 0 Å². The number of hydrogen-bond acceptors (Lipinski definition) is 14. The molecule has 6 heterocycles. The molecule has 0 aliphatic carbocycles. The zero-order valence-corrected chi connectivity index (χ0v) is 44.5. The minimum Gasteiger partial charge on any atom is -0.377 e. The number of piperidine rings is 1. The molecular formula is C57H82F2N10O6. The summed E-state index contributed by atoms with van der Waals surface area (Å²) < 4.78 is 33.9. The summed E-state index contributed by atoms with van der Waals surface area (Å²) in [5, 5.41) is 56.3. The van der Waals surface area contributed by atoms with Crippen molar-refractivity contribution >= 4 is 22.1 Å². The molecule has 75 heavy (non-hydrogen) atoms. The lowest BCUT2D eigenvalue weighted by Gasteiger charge is -2.37. The van der Waals surface area contributed by atoms with E-state index in [1.807, 2.05) is 64.1 Å². The molecule has 0 saturated carbocycles. The molecule has 4 aliphatic heterocycles. The summed E-state index contributed by atoms with van der Waals surface area (Å²) in [5.41, 5.74) is 6.19. The number of aromatic nitrogens is 4. The van der Waals surface area contributed by atoms with Gasteiger partial charge in [0.25, 0.3) is 0 Å². The Morgan fingerprint density at radius 2 is 0.987 bits per heavy atom. The van der Waals surface area contributed by atoms with Crippen molar-refractivity contribution < 1.29 is 38.7 Å². The first-order chi connectivity index (χ1) is 36.2. The Hall–Kier alpha value is -4.80. The molecule has 16 nitrogen and oxygen atoms in total. The van der Waals surface area contributed by atoms with E-state index in [4.69, 9.17) is 19.4 Å². The number of nitrogens with zero attached hydrogens (tertiary/aromatic N) is 4. The van der Waals surface area contributed by atoms with Crippen LogP contribution in [0.4, 0.5) is 8.78 Å². The molecule has 0 radical (unpaired) electrons. The highest BCUT2D eigenvalue weighted by molar-refractivity contribution is 5.77. The lowest BCUT2D eigenvalue weighted by Crippen LogP contribution is -2.55. The van der Waals surface area contributed by atoms with Gasteiger partial charge in [0, 0.05) is 45.5 Å². The fraction of sp³-hybridized carbons (Fsp3) is 0.544. The van der Waals surface area contributed by atoms with Gasteiger partial charge in [-0.25, -0.2) is 18.7 Å². The van der Waals surface area contributed by atoms with E-state index < -0.39 is 36.9 Å². The van der Waals surface area contributed by atoms with Gasteiger partial charge in [-0.15, -0.1) is 0 Å². The van der Waals surface area contributed by atoms with Gasteiger partial charge in [-0.1, -0.05) is 88.7 Å². The van der Waals surface area contributed by atoms with E-state index in [1.165, 1.54) is 75.9 Å². The molecule has 4 saturated heterocycles. The minimum absolute atomic E-state index is 0.0632. The highest BCUT2D eigenvalue weighted by atomic mass is 19.1. The summed E-state index contributed by atoms with van der Waals surface area (Å²) in [4.78, 5) is 21.3. The van der Waals surface area contributed by atoms with Gasteiger partial charge in [-0.05, 0) is 124 Å². The molecule has 18 heteroatoms. The van der Waals surface area contributed by atoms with E-state index in [9.17, 15) is 29.2 Å². The number of ether oxygens (including phenoxy) is 2. The fourth-order valence-electron chi connectivity index (χ4n) is 10.7. The molecule has 4 unspecified atom stereocenters. The zero-order valence-electron chi connectivity index (χ0n) is 44.5. The van der Waals surface area contributed by atoms with Crippen molar-refractivity contribution in [1.29, 1.82) is 0 Å². The summed E-state index contributed by atoms with van der Waals surface area (Å²) in [5.74, 6) is 0.746. The Kier molecular flexibility index (Phi) is 22.0. The van der Waals surface area contributed by atoms with Crippen LogP contribution in [-0.4, -0.2) is 128 Å². The van der Waals surface area contributed by atoms with E-state index in [0.717, 1.165) is 91.4 Å². The maximum Gasteiger partial charge on any atom is 0.213 e. The number of nitrogens with one attached hydrogen (secondary N) is 6. The van der Waals surface area contributed by atoms with Crippen LogP contribution in [0.2, 0.25) is 0 Å². The molecule has 0 spiro atoms.